The normalized spacial score (nSPS) is 10.9. The number of rotatable bonds is 4. The molecule has 0 bridgehead atoms. The minimum atomic E-state index is -3.81. The zero-order chi connectivity index (χ0) is 25.9. The van der Waals surface area contributed by atoms with Gasteiger partial charge in [0.2, 0.25) is 0 Å². The van der Waals surface area contributed by atoms with Crippen molar-refractivity contribution in [3.63, 3.8) is 0 Å². The van der Waals surface area contributed by atoms with Crippen LogP contribution in [0.4, 0.5) is 5.69 Å². The maximum Gasteiger partial charge on any atom is 0.373 e. The largest absolute Gasteiger partial charge is 0.507 e. The summed E-state index contributed by atoms with van der Waals surface area (Å²) in [5, 5.41) is 12.8. The fraction of sp³-hybridized carbons (Fsp3) is 0.179. The van der Waals surface area contributed by atoms with Gasteiger partial charge in [0.25, 0.3) is 10.0 Å². The van der Waals surface area contributed by atoms with E-state index in [-0.39, 0.29) is 16.8 Å². The van der Waals surface area contributed by atoms with Crippen molar-refractivity contribution in [1.29, 1.82) is 0 Å². The van der Waals surface area contributed by atoms with Crippen molar-refractivity contribution < 1.29 is 23.1 Å². The van der Waals surface area contributed by atoms with E-state index in [9.17, 15) is 13.5 Å². The van der Waals surface area contributed by atoms with Gasteiger partial charge in [0.15, 0.2) is 0 Å². The summed E-state index contributed by atoms with van der Waals surface area (Å²) in [5.74, 6) is 0.114. The van der Waals surface area contributed by atoms with E-state index >= 15 is 0 Å². The summed E-state index contributed by atoms with van der Waals surface area (Å²) >= 11 is 0. The zero-order valence-corrected chi connectivity index (χ0v) is 21.1. The van der Waals surface area contributed by atoms with E-state index < -0.39 is 10.0 Å². The van der Waals surface area contributed by atoms with E-state index in [0.717, 1.165) is 38.6 Å². The Morgan fingerprint density at radius 3 is 1.97 bits per heavy atom. The molecule has 0 heterocycles. The van der Waals surface area contributed by atoms with E-state index in [1.54, 1.807) is 30.3 Å². The fourth-order valence-corrected chi connectivity index (χ4v) is 5.17. The van der Waals surface area contributed by atoms with Gasteiger partial charge in [-0.2, -0.15) is 9.59 Å². The number of aromatic hydroxyl groups is 1. The predicted molar refractivity (Wildman–Crippen MR) is 137 cm³/mol. The quantitative estimate of drug-likeness (QED) is 0.368. The lowest BCUT2D eigenvalue weighted by Crippen LogP contribution is -2.14. The molecule has 0 saturated carbocycles. The van der Waals surface area contributed by atoms with Crippen molar-refractivity contribution in [3.05, 3.63) is 88.5 Å². The molecule has 0 aliphatic heterocycles. The number of phenolic OH excluding ortho intramolecular Hbond substituents is 1. The number of benzene rings is 4. The molecule has 0 radical (unpaired) electrons. The third-order valence-corrected chi connectivity index (χ3v) is 7.52. The summed E-state index contributed by atoms with van der Waals surface area (Å²) in [7, 11) is -3.81. The van der Waals surface area contributed by atoms with Gasteiger partial charge in [0.05, 0.1) is 10.6 Å². The van der Waals surface area contributed by atoms with Crippen LogP contribution in [0.25, 0.3) is 21.9 Å². The van der Waals surface area contributed by atoms with Gasteiger partial charge in [-0.1, -0.05) is 47.5 Å². The highest BCUT2D eigenvalue weighted by molar-refractivity contribution is 7.92. The Hall–Kier alpha value is -3.93. The van der Waals surface area contributed by atoms with Crippen molar-refractivity contribution in [2.45, 2.75) is 39.5 Å². The number of anilines is 1. The van der Waals surface area contributed by atoms with Gasteiger partial charge in [-0.3, -0.25) is 4.72 Å². The molecule has 0 atom stereocenters. The molecule has 0 aliphatic carbocycles. The maximum absolute atomic E-state index is 13.2. The molecular weight excluding hydrogens is 462 g/mol. The third kappa shape index (κ3) is 5.27. The lowest BCUT2D eigenvalue weighted by atomic mass is 9.89. The smallest absolute Gasteiger partial charge is 0.373 e. The molecule has 0 aliphatic rings. The van der Waals surface area contributed by atoms with Gasteiger partial charge in [-0.25, -0.2) is 8.42 Å². The van der Waals surface area contributed by atoms with Crippen molar-refractivity contribution in [1.82, 2.24) is 0 Å². The maximum atomic E-state index is 13.2. The average molecular weight is 490 g/mol. The molecule has 7 heteroatoms. The van der Waals surface area contributed by atoms with E-state index in [1.807, 2.05) is 58.9 Å². The number of hydrogen-bond acceptors (Lipinski definition) is 5. The van der Waals surface area contributed by atoms with Gasteiger partial charge in [-0.05, 0) is 86.3 Å². The first kappa shape index (κ1) is 25.7. The van der Waals surface area contributed by atoms with Gasteiger partial charge in [-0.15, -0.1) is 0 Å². The van der Waals surface area contributed by atoms with E-state index in [1.165, 1.54) is 0 Å². The Balaban J connectivity index is 0.00000108. The molecule has 4 aromatic rings. The van der Waals surface area contributed by atoms with Crippen molar-refractivity contribution >= 4 is 32.6 Å². The van der Waals surface area contributed by atoms with Crippen LogP contribution in [0.15, 0.2) is 65.6 Å². The molecule has 0 spiro atoms. The topological polar surface area (TPSA) is 101 Å². The molecule has 180 valence electrons. The van der Waals surface area contributed by atoms with Crippen LogP contribution in [-0.2, 0) is 19.6 Å². The van der Waals surface area contributed by atoms with Crippen LogP contribution in [0.3, 0.4) is 0 Å². The summed E-state index contributed by atoms with van der Waals surface area (Å²) in [6.07, 6.45) is 0.250. The Morgan fingerprint density at radius 1 is 0.743 bits per heavy atom. The van der Waals surface area contributed by atoms with Crippen LogP contribution in [0, 0.1) is 34.6 Å². The van der Waals surface area contributed by atoms with Crippen LogP contribution in [0.2, 0.25) is 0 Å². The number of carbonyl (C=O) groups excluding carboxylic acids is 2. The Labute approximate surface area is 205 Å². The van der Waals surface area contributed by atoms with Crippen molar-refractivity contribution in [2.24, 2.45) is 0 Å². The number of sulfonamides is 1. The Bertz CT molecular complexity index is 1550. The molecular formula is C28H27NO5S. The van der Waals surface area contributed by atoms with Gasteiger partial charge >= 0.3 is 6.15 Å². The van der Waals surface area contributed by atoms with Crippen molar-refractivity contribution in [3.8, 4) is 16.9 Å². The first-order chi connectivity index (χ1) is 16.5. The highest BCUT2D eigenvalue weighted by Gasteiger charge is 2.22. The molecule has 0 saturated heterocycles. The standard InChI is InChI=1S/C27H27NO3S.CO2/c1-16-6-10-22(11-7-16)32(30,31)28-24-15-18(3)19(4)20(5)26(24)27-23-12-8-17(2)14-21(23)9-13-25(27)29;2-1-3/h6-15,28-29H,1-5H3;. The molecule has 0 unspecified atom stereocenters. The first-order valence-corrected chi connectivity index (χ1v) is 12.4. The lowest BCUT2D eigenvalue weighted by molar-refractivity contribution is -0.191. The second kappa shape index (κ2) is 10.1. The second-order valence-corrected chi connectivity index (χ2v) is 10.2. The van der Waals surface area contributed by atoms with Crippen LogP contribution in [-0.4, -0.2) is 19.7 Å². The first-order valence-electron chi connectivity index (χ1n) is 10.9. The zero-order valence-electron chi connectivity index (χ0n) is 20.3. The molecule has 0 aromatic heterocycles. The fourth-order valence-electron chi connectivity index (χ4n) is 4.11. The summed E-state index contributed by atoms with van der Waals surface area (Å²) in [6.45, 7) is 9.88. The summed E-state index contributed by atoms with van der Waals surface area (Å²) in [5.41, 5.74) is 6.84. The number of phenols is 1. The van der Waals surface area contributed by atoms with Gasteiger partial charge in [0, 0.05) is 11.1 Å². The monoisotopic (exact) mass is 489 g/mol. The number of aryl methyl sites for hydroxylation is 3. The van der Waals surface area contributed by atoms with Gasteiger partial charge < -0.3 is 5.11 Å². The van der Waals surface area contributed by atoms with E-state index in [0.29, 0.717) is 16.8 Å². The Kier molecular flexibility index (Phi) is 7.44. The molecule has 4 aromatic carbocycles. The molecule has 35 heavy (non-hydrogen) atoms. The molecule has 2 N–H and O–H groups in total. The number of nitrogens with one attached hydrogen (secondary N) is 1. The molecule has 0 amide bonds. The second-order valence-electron chi connectivity index (χ2n) is 8.55. The number of hydrogen-bond donors (Lipinski definition) is 2. The minimum absolute atomic E-state index is 0.114. The van der Waals surface area contributed by atoms with E-state index in [4.69, 9.17) is 9.59 Å². The highest BCUT2D eigenvalue weighted by atomic mass is 32.2. The lowest BCUT2D eigenvalue weighted by Gasteiger charge is -2.21. The highest BCUT2D eigenvalue weighted by Crippen LogP contribution is 2.44. The average Bonchev–Trinajstić information content (AvgIpc) is 2.79. The van der Waals surface area contributed by atoms with Crippen LogP contribution >= 0.6 is 0 Å². The third-order valence-electron chi connectivity index (χ3n) is 6.14. The summed E-state index contributed by atoms with van der Waals surface area (Å²) < 4.78 is 29.2. The van der Waals surface area contributed by atoms with Crippen LogP contribution in [0.5, 0.6) is 5.75 Å². The SMILES string of the molecule is Cc1ccc(S(=O)(=O)Nc2cc(C)c(C)c(C)c2-c2c(O)ccc3cc(C)ccc23)cc1.O=C=O. The summed E-state index contributed by atoms with van der Waals surface area (Å²) in [4.78, 5) is 16.4. The Morgan fingerprint density at radius 2 is 1.34 bits per heavy atom. The van der Waals surface area contributed by atoms with Crippen molar-refractivity contribution in [2.75, 3.05) is 4.72 Å². The van der Waals surface area contributed by atoms with Crippen LogP contribution < -0.4 is 4.72 Å². The molecule has 6 nitrogen and oxygen atoms in total. The van der Waals surface area contributed by atoms with E-state index in [2.05, 4.69) is 10.8 Å². The number of fused-ring (bicyclic) bond motifs is 1. The summed E-state index contributed by atoms with van der Waals surface area (Å²) in [6, 6.07) is 18.2. The minimum Gasteiger partial charge on any atom is -0.507 e. The van der Waals surface area contributed by atoms with Crippen LogP contribution in [0.1, 0.15) is 27.8 Å². The van der Waals surface area contributed by atoms with Gasteiger partial charge in [0.1, 0.15) is 5.75 Å². The predicted octanol–water partition coefficient (Wildman–Crippen LogP) is 5.97. The molecule has 0 fully saturated rings. The molecule has 4 rings (SSSR count).